The van der Waals surface area contributed by atoms with Gasteiger partial charge in [0.2, 0.25) is 17.7 Å². The standard InChI is InChI=1S/C27H23N5O3/c33-22-10-17-13-32(21-5-1-4-20(30-22)24(17)21)14-23(34)29-18-7-6-15-11-27(12-16(15)9-18)19-3-2-8-28-25(19)31-26(27)35/h1-9,17H,10-14H2,(H,29,34)(H,30,33)(H,28,31,35). The van der Waals surface area contributed by atoms with Gasteiger partial charge in [0.1, 0.15) is 5.82 Å². The van der Waals surface area contributed by atoms with Gasteiger partial charge in [-0.2, -0.15) is 0 Å². The molecule has 1 spiro atoms. The Kier molecular flexibility index (Phi) is 4.13. The van der Waals surface area contributed by atoms with E-state index in [2.05, 4.69) is 20.9 Å². The molecule has 174 valence electrons. The summed E-state index contributed by atoms with van der Waals surface area (Å²) in [5.41, 5.74) is 6.23. The van der Waals surface area contributed by atoms with Crippen molar-refractivity contribution in [2.24, 2.45) is 0 Å². The number of hydrogen-bond donors (Lipinski definition) is 3. The van der Waals surface area contributed by atoms with Crippen LogP contribution in [0.15, 0.2) is 54.7 Å². The Labute approximate surface area is 201 Å². The topological polar surface area (TPSA) is 103 Å². The largest absolute Gasteiger partial charge is 0.361 e. The molecule has 35 heavy (non-hydrogen) atoms. The fourth-order valence-corrected chi connectivity index (χ4v) is 6.28. The van der Waals surface area contributed by atoms with Gasteiger partial charge in [0, 0.05) is 53.3 Å². The zero-order chi connectivity index (χ0) is 23.7. The third-order valence-electron chi connectivity index (χ3n) is 7.78. The summed E-state index contributed by atoms with van der Waals surface area (Å²) in [7, 11) is 0. The maximum absolute atomic E-state index is 13.0. The van der Waals surface area contributed by atoms with Crippen molar-refractivity contribution >= 4 is 40.6 Å². The Hall–Kier alpha value is -4.20. The number of anilines is 4. The summed E-state index contributed by atoms with van der Waals surface area (Å²) in [5, 5.41) is 8.90. The molecule has 0 saturated heterocycles. The van der Waals surface area contributed by atoms with E-state index in [1.54, 1.807) is 6.20 Å². The van der Waals surface area contributed by atoms with Crippen LogP contribution in [0.1, 0.15) is 34.6 Å². The zero-order valence-corrected chi connectivity index (χ0v) is 18.9. The molecule has 2 unspecified atom stereocenters. The van der Waals surface area contributed by atoms with Gasteiger partial charge in [-0.1, -0.05) is 18.2 Å². The van der Waals surface area contributed by atoms with E-state index in [0.29, 0.717) is 31.6 Å². The highest BCUT2D eigenvalue weighted by Gasteiger charge is 2.51. The number of benzene rings is 2. The van der Waals surface area contributed by atoms with E-state index in [1.807, 2.05) is 53.4 Å². The van der Waals surface area contributed by atoms with Crippen LogP contribution in [0.5, 0.6) is 0 Å². The molecule has 3 aromatic rings. The van der Waals surface area contributed by atoms with E-state index in [0.717, 1.165) is 39.3 Å². The summed E-state index contributed by atoms with van der Waals surface area (Å²) in [6.45, 7) is 0.867. The summed E-state index contributed by atoms with van der Waals surface area (Å²) < 4.78 is 0. The number of rotatable bonds is 3. The molecule has 1 aromatic heterocycles. The Bertz CT molecular complexity index is 1450. The lowest BCUT2D eigenvalue weighted by Crippen LogP contribution is -2.35. The lowest BCUT2D eigenvalue weighted by atomic mass is 9.79. The molecule has 2 aromatic carbocycles. The van der Waals surface area contributed by atoms with Gasteiger partial charge in [-0.15, -0.1) is 0 Å². The number of nitrogens with one attached hydrogen (secondary N) is 3. The second-order valence-corrected chi connectivity index (χ2v) is 9.89. The number of pyridine rings is 1. The number of nitrogens with zero attached hydrogens (tertiary/aromatic N) is 2. The molecule has 3 amide bonds. The second kappa shape index (κ2) is 7.15. The molecule has 0 fully saturated rings. The monoisotopic (exact) mass is 465 g/mol. The summed E-state index contributed by atoms with van der Waals surface area (Å²) in [6.07, 6.45) is 3.35. The van der Waals surface area contributed by atoms with E-state index in [1.165, 1.54) is 0 Å². The van der Waals surface area contributed by atoms with Crippen molar-refractivity contribution in [2.45, 2.75) is 30.6 Å². The SMILES string of the molecule is O=C(CN1CC2CC(=O)Nc3cccc1c32)Nc1ccc2c(c1)CC1(C2)C(=O)Nc2ncccc21. The first-order valence-electron chi connectivity index (χ1n) is 11.9. The average Bonchev–Trinajstić information content (AvgIpc) is 3.47. The van der Waals surface area contributed by atoms with Crippen LogP contribution in [0.2, 0.25) is 0 Å². The summed E-state index contributed by atoms with van der Waals surface area (Å²) in [5.74, 6) is 0.665. The summed E-state index contributed by atoms with van der Waals surface area (Å²) in [4.78, 5) is 44.3. The number of aromatic nitrogens is 1. The van der Waals surface area contributed by atoms with Crippen LogP contribution in [0.3, 0.4) is 0 Å². The van der Waals surface area contributed by atoms with Gasteiger partial charge < -0.3 is 20.9 Å². The van der Waals surface area contributed by atoms with E-state index in [4.69, 9.17) is 0 Å². The Morgan fingerprint density at radius 3 is 2.89 bits per heavy atom. The third-order valence-corrected chi connectivity index (χ3v) is 7.78. The van der Waals surface area contributed by atoms with Gasteiger partial charge >= 0.3 is 0 Å². The van der Waals surface area contributed by atoms with Crippen molar-refractivity contribution in [2.75, 3.05) is 33.9 Å². The van der Waals surface area contributed by atoms with Crippen LogP contribution in [-0.2, 0) is 32.6 Å². The van der Waals surface area contributed by atoms with Crippen LogP contribution < -0.4 is 20.9 Å². The molecule has 4 aliphatic rings. The predicted molar refractivity (Wildman–Crippen MR) is 132 cm³/mol. The van der Waals surface area contributed by atoms with Gasteiger partial charge in [-0.3, -0.25) is 14.4 Å². The lowest BCUT2D eigenvalue weighted by Gasteiger charge is -2.20. The van der Waals surface area contributed by atoms with Gasteiger partial charge in [0.25, 0.3) is 0 Å². The molecule has 3 aliphatic heterocycles. The van der Waals surface area contributed by atoms with E-state index in [9.17, 15) is 14.4 Å². The molecule has 0 bridgehead atoms. The number of amides is 3. The Morgan fingerprint density at radius 1 is 1.09 bits per heavy atom. The third kappa shape index (κ3) is 2.99. The molecule has 3 N–H and O–H groups in total. The summed E-state index contributed by atoms with van der Waals surface area (Å²) >= 11 is 0. The lowest BCUT2D eigenvalue weighted by molar-refractivity contribution is -0.120. The van der Waals surface area contributed by atoms with Crippen molar-refractivity contribution in [3.05, 3.63) is 77.0 Å². The Morgan fingerprint density at radius 2 is 1.97 bits per heavy atom. The normalized spacial score (nSPS) is 23.0. The zero-order valence-electron chi connectivity index (χ0n) is 18.9. The first-order valence-corrected chi connectivity index (χ1v) is 11.9. The maximum Gasteiger partial charge on any atom is 0.243 e. The van der Waals surface area contributed by atoms with Gasteiger partial charge in [-0.25, -0.2) is 4.98 Å². The summed E-state index contributed by atoms with van der Waals surface area (Å²) in [6, 6.07) is 15.6. The fraction of sp³-hybridized carbons (Fsp3) is 0.259. The minimum atomic E-state index is -0.627. The molecule has 8 nitrogen and oxygen atoms in total. The molecule has 0 saturated carbocycles. The highest BCUT2D eigenvalue weighted by Crippen LogP contribution is 2.47. The second-order valence-electron chi connectivity index (χ2n) is 9.89. The van der Waals surface area contributed by atoms with Gasteiger partial charge in [-0.05, 0) is 54.3 Å². The van der Waals surface area contributed by atoms with Crippen LogP contribution in [0.25, 0.3) is 0 Å². The number of hydrogen-bond acceptors (Lipinski definition) is 5. The quantitative estimate of drug-likeness (QED) is 0.552. The molecule has 7 rings (SSSR count). The molecule has 2 atom stereocenters. The number of fused-ring (bicyclic) bond motifs is 3. The average molecular weight is 466 g/mol. The van der Waals surface area contributed by atoms with Crippen LogP contribution in [0.4, 0.5) is 22.9 Å². The number of carbonyl (C=O) groups is 3. The minimum Gasteiger partial charge on any atom is -0.361 e. The highest BCUT2D eigenvalue weighted by atomic mass is 16.2. The van der Waals surface area contributed by atoms with E-state index in [-0.39, 0.29) is 30.2 Å². The Balaban J connectivity index is 1.09. The van der Waals surface area contributed by atoms with E-state index < -0.39 is 5.41 Å². The molecule has 8 heteroatoms. The van der Waals surface area contributed by atoms with Gasteiger partial charge in [0.05, 0.1) is 12.0 Å². The first-order chi connectivity index (χ1) is 17.0. The van der Waals surface area contributed by atoms with Crippen LogP contribution in [0, 0.1) is 0 Å². The maximum atomic E-state index is 13.0. The molecule has 4 heterocycles. The molecular formula is C27H23N5O3. The van der Waals surface area contributed by atoms with Gasteiger partial charge in [0.15, 0.2) is 0 Å². The smallest absolute Gasteiger partial charge is 0.243 e. The first kappa shape index (κ1) is 20.2. The van der Waals surface area contributed by atoms with Crippen molar-refractivity contribution in [1.29, 1.82) is 0 Å². The molecule has 1 aliphatic carbocycles. The minimum absolute atomic E-state index is 0.0139. The van der Waals surface area contributed by atoms with Crippen molar-refractivity contribution in [1.82, 2.24) is 4.98 Å². The van der Waals surface area contributed by atoms with Crippen LogP contribution in [-0.4, -0.2) is 35.8 Å². The fourth-order valence-electron chi connectivity index (χ4n) is 6.28. The predicted octanol–water partition coefficient (Wildman–Crippen LogP) is 2.95. The molecular weight excluding hydrogens is 442 g/mol. The van der Waals surface area contributed by atoms with Crippen molar-refractivity contribution in [3.8, 4) is 0 Å². The van der Waals surface area contributed by atoms with E-state index >= 15 is 0 Å². The van der Waals surface area contributed by atoms with Crippen molar-refractivity contribution < 1.29 is 14.4 Å². The van der Waals surface area contributed by atoms with Crippen molar-refractivity contribution in [3.63, 3.8) is 0 Å². The molecule has 0 radical (unpaired) electrons. The highest BCUT2D eigenvalue weighted by molar-refractivity contribution is 6.06. The number of carbonyl (C=O) groups excluding carboxylic acids is 3. The van der Waals surface area contributed by atoms with Crippen LogP contribution >= 0.6 is 0 Å².